The van der Waals surface area contributed by atoms with Crippen molar-refractivity contribution in [2.24, 2.45) is 0 Å². The third kappa shape index (κ3) is 4.02. The Labute approximate surface area is 164 Å². The number of anilines is 2. The van der Waals surface area contributed by atoms with E-state index in [0.29, 0.717) is 18.8 Å². The molecule has 0 bridgehead atoms. The smallest absolute Gasteiger partial charge is 0.255 e. The van der Waals surface area contributed by atoms with E-state index in [2.05, 4.69) is 20.4 Å². The Morgan fingerprint density at radius 3 is 2.57 bits per heavy atom. The predicted molar refractivity (Wildman–Crippen MR) is 110 cm³/mol. The van der Waals surface area contributed by atoms with Gasteiger partial charge >= 0.3 is 0 Å². The maximum atomic E-state index is 12.6. The molecule has 6 nitrogen and oxygen atoms in total. The number of nitrogens with one attached hydrogen (secondary N) is 1. The van der Waals surface area contributed by atoms with E-state index >= 15 is 0 Å². The molecule has 1 amide bonds. The number of aromatic nitrogens is 2. The van der Waals surface area contributed by atoms with Gasteiger partial charge in [-0.3, -0.25) is 4.79 Å². The summed E-state index contributed by atoms with van der Waals surface area (Å²) in [5.74, 6) is 0.703. The molecule has 0 radical (unpaired) electrons. The summed E-state index contributed by atoms with van der Waals surface area (Å²) >= 11 is 0. The fraction of sp³-hybridized carbons (Fsp3) is 0.227. The lowest BCUT2D eigenvalue weighted by atomic mass is 10.1. The number of carbonyl (C=O) groups excluding carboxylic acids is 1. The van der Waals surface area contributed by atoms with E-state index in [1.807, 2.05) is 61.5 Å². The molecule has 0 saturated carbocycles. The molecule has 1 N–H and O–H groups in total. The summed E-state index contributed by atoms with van der Waals surface area (Å²) in [6.07, 6.45) is 0. The molecule has 0 spiro atoms. The number of aryl methyl sites for hydroxylation is 1. The molecule has 0 unspecified atom stereocenters. The van der Waals surface area contributed by atoms with Crippen LogP contribution in [0.25, 0.3) is 11.3 Å². The van der Waals surface area contributed by atoms with E-state index in [-0.39, 0.29) is 5.91 Å². The van der Waals surface area contributed by atoms with Crippen molar-refractivity contribution >= 4 is 17.4 Å². The molecule has 3 aromatic rings. The molecule has 1 saturated heterocycles. The van der Waals surface area contributed by atoms with Gasteiger partial charge in [0.2, 0.25) is 0 Å². The highest BCUT2D eigenvalue weighted by molar-refractivity contribution is 6.05. The Hall–Kier alpha value is -3.25. The van der Waals surface area contributed by atoms with Gasteiger partial charge in [-0.2, -0.15) is 0 Å². The Balaban J connectivity index is 1.51. The van der Waals surface area contributed by atoms with Crippen molar-refractivity contribution in [2.75, 3.05) is 36.5 Å². The zero-order valence-corrected chi connectivity index (χ0v) is 15.8. The monoisotopic (exact) mass is 374 g/mol. The summed E-state index contributed by atoms with van der Waals surface area (Å²) in [6.45, 7) is 5.03. The summed E-state index contributed by atoms with van der Waals surface area (Å²) in [7, 11) is 0. The normalized spacial score (nSPS) is 14.0. The Morgan fingerprint density at radius 2 is 1.82 bits per heavy atom. The van der Waals surface area contributed by atoms with E-state index in [0.717, 1.165) is 41.4 Å². The standard InChI is InChI=1S/C22H22N4O2/c1-16-5-2-3-8-19(16)23-22(27)18-7-4-6-17(15-18)20-9-10-21(25-24-20)26-11-13-28-14-12-26/h2-10,15H,11-14H2,1H3,(H,23,27). The van der Waals surface area contributed by atoms with Gasteiger partial charge in [-0.1, -0.05) is 30.3 Å². The fourth-order valence-corrected chi connectivity index (χ4v) is 3.17. The van der Waals surface area contributed by atoms with E-state index < -0.39 is 0 Å². The second-order valence-electron chi connectivity index (χ2n) is 6.73. The maximum Gasteiger partial charge on any atom is 0.255 e. The number of hydrogen-bond acceptors (Lipinski definition) is 5. The average molecular weight is 374 g/mol. The zero-order valence-electron chi connectivity index (χ0n) is 15.8. The number of amides is 1. The predicted octanol–water partition coefficient (Wildman–Crippen LogP) is 3.54. The molecule has 142 valence electrons. The molecule has 1 aliphatic rings. The SMILES string of the molecule is Cc1ccccc1NC(=O)c1cccc(-c2ccc(N3CCOCC3)nn2)c1. The Morgan fingerprint density at radius 1 is 1.00 bits per heavy atom. The van der Waals surface area contributed by atoms with Gasteiger partial charge in [-0.25, -0.2) is 0 Å². The lowest BCUT2D eigenvalue weighted by molar-refractivity contribution is 0.102. The molecule has 0 aliphatic carbocycles. The minimum Gasteiger partial charge on any atom is -0.378 e. The number of rotatable bonds is 4. The third-order valence-electron chi connectivity index (χ3n) is 4.80. The molecule has 1 aromatic heterocycles. The van der Waals surface area contributed by atoms with Gasteiger partial charge < -0.3 is 15.0 Å². The maximum absolute atomic E-state index is 12.6. The van der Waals surface area contributed by atoms with E-state index in [1.54, 1.807) is 6.07 Å². The molecule has 1 fully saturated rings. The number of benzene rings is 2. The fourth-order valence-electron chi connectivity index (χ4n) is 3.17. The second kappa shape index (κ2) is 8.19. The van der Waals surface area contributed by atoms with E-state index in [4.69, 9.17) is 4.74 Å². The molecule has 6 heteroatoms. The highest BCUT2D eigenvalue weighted by atomic mass is 16.5. The second-order valence-corrected chi connectivity index (χ2v) is 6.73. The number of morpholine rings is 1. The Kier molecular flexibility index (Phi) is 5.30. The van der Waals surface area contributed by atoms with Crippen molar-refractivity contribution in [1.82, 2.24) is 10.2 Å². The van der Waals surface area contributed by atoms with Gasteiger partial charge in [0, 0.05) is 29.9 Å². The first kappa shape index (κ1) is 18.1. The number of nitrogens with zero attached hydrogens (tertiary/aromatic N) is 3. The summed E-state index contributed by atoms with van der Waals surface area (Å²) in [6, 6.07) is 19.1. The molecule has 1 aliphatic heterocycles. The first-order valence-electron chi connectivity index (χ1n) is 9.34. The van der Waals surface area contributed by atoms with Crippen LogP contribution in [0.3, 0.4) is 0 Å². The highest BCUT2D eigenvalue weighted by Gasteiger charge is 2.14. The quantitative estimate of drug-likeness (QED) is 0.757. The molecular formula is C22H22N4O2. The van der Waals surface area contributed by atoms with Crippen molar-refractivity contribution in [2.45, 2.75) is 6.92 Å². The Bertz CT molecular complexity index is 966. The van der Waals surface area contributed by atoms with Crippen LogP contribution in [0, 0.1) is 6.92 Å². The minimum absolute atomic E-state index is 0.144. The summed E-state index contributed by atoms with van der Waals surface area (Å²) < 4.78 is 5.37. The van der Waals surface area contributed by atoms with Crippen LogP contribution in [-0.2, 0) is 4.74 Å². The topological polar surface area (TPSA) is 67.4 Å². The molecule has 2 heterocycles. The molecule has 2 aromatic carbocycles. The summed E-state index contributed by atoms with van der Waals surface area (Å²) in [5.41, 5.74) is 4.02. The molecule has 28 heavy (non-hydrogen) atoms. The number of hydrogen-bond donors (Lipinski definition) is 1. The lowest BCUT2D eigenvalue weighted by Gasteiger charge is -2.27. The van der Waals surface area contributed by atoms with Gasteiger partial charge in [0.15, 0.2) is 5.82 Å². The van der Waals surface area contributed by atoms with Gasteiger partial charge in [0.05, 0.1) is 18.9 Å². The van der Waals surface area contributed by atoms with Crippen LogP contribution < -0.4 is 10.2 Å². The first-order valence-corrected chi connectivity index (χ1v) is 9.34. The van der Waals surface area contributed by atoms with Gasteiger partial charge in [0.25, 0.3) is 5.91 Å². The van der Waals surface area contributed by atoms with E-state index in [9.17, 15) is 4.79 Å². The van der Waals surface area contributed by atoms with Crippen LogP contribution in [0.5, 0.6) is 0 Å². The van der Waals surface area contributed by atoms with Crippen molar-refractivity contribution in [1.29, 1.82) is 0 Å². The van der Waals surface area contributed by atoms with E-state index in [1.165, 1.54) is 0 Å². The molecule has 0 atom stereocenters. The van der Waals surface area contributed by atoms with Crippen LogP contribution in [-0.4, -0.2) is 42.4 Å². The van der Waals surface area contributed by atoms with Crippen LogP contribution in [0.2, 0.25) is 0 Å². The minimum atomic E-state index is -0.144. The van der Waals surface area contributed by atoms with Crippen LogP contribution in [0.15, 0.2) is 60.7 Å². The average Bonchev–Trinajstić information content (AvgIpc) is 2.76. The lowest BCUT2D eigenvalue weighted by Crippen LogP contribution is -2.36. The largest absolute Gasteiger partial charge is 0.378 e. The van der Waals surface area contributed by atoms with Crippen LogP contribution in [0.4, 0.5) is 11.5 Å². The molecular weight excluding hydrogens is 352 g/mol. The third-order valence-corrected chi connectivity index (χ3v) is 4.80. The van der Waals surface area contributed by atoms with Gasteiger partial charge in [-0.15, -0.1) is 10.2 Å². The number of ether oxygens (including phenoxy) is 1. The zero-order chi connectivity index (χ0) is 19.3. The van der Waals surface area contributed by atoms with Crippen molar-refractivity contribution < 1.29 is 9.53 Å². The van der Waals surface area contributed by atoms with Crippen molar-refractivity contribution in [3.63, 3.8) is 0 Å². The van der Waals surface area contributed by atoms with Crippen LogP contribution >= 0.6 is 0 Å². The first-order chi connectivity index (χ1) is 13.7. The number of para-hydroxylation sites is 1. The van der Waals surface area contributed by atoms with Gasteiger partial charge in [0.1, 0.15) is 0 Å². The van der Waals surface area contributed by atoms with Crippen LogP contribution in [0.1, 0.15) is 15.9 Å². The van der Waals surface area contributed by atoms with Gasteiger partial charge in [-0.05, 0) is 42.8 Å². The van der Waals surface area contributed by atoms with Crippen molar-refractivity contribution in [3.05, 3.63) is 71.8 Å². The van der Waals surface area contributed by atoms with Crippen molar-refractivity contribution in [3.8, 4) is 11.3 Å². The summed E-state index contributed by atoms with van der Waals surface area (Å²) in [4.78, 5) is 14.8. The number of carbonyl (C=O) groups is 1. The molecule has 4 rings (SSSR count). The summed E-state index contributed by atoms with van der Waals surface area (Å²) in [5, 5.41) is 11.7. The highest BCUT2D eigenvalue weighted by Crippen LogP contribution is 2.21.